The number of para-hydroxylation sites is 1. The smallest absolute Gasteiger partial charge is 0.216 e. The van der Waals surface area contributed by atoms with Gasteiger partial charge in [0.1, 0.15) is 0 Å². The molecule has 0 bridgehead atoms. The van der Waals surface area contributed by atoms with Gasteiger partial charge in [-0.15, -0.1) is 0 Å². The van der Waals surface area contributed by atoms with Gasteiger partial charge < -0.3 is 4.98 Å². The van der Waals surface area contributed by atoms with E-state index >= 15 is 0 Å². The Labute approximate surface area is 113 Å². The van der Waals surface area contributed by atoms with Gasteiger partial charge in [-0.3, -0.25) is 0 Å². The molecule has 5 heteroatoms. The zero-order valence-corrected chi connectivity index (χ0v) is 12.0. The lowest BCUT2D eigenvalue weighted by Gasteiger charge is -2.28. The summed E-state index contributed by atoms with van der Waals surface area (Å²) in [7, 11) is -3.17. The lowest BCUT2D eigenvalue weighted by Crippen LogP contribution is -2.39. The highest BCUT2D eigenvalue weighted by Gasteiger charge is 2.30. The van der Waals surface area contributed by atoms with E-state index in [9.17, 15) is 8.42 Å². The topological polar surface area (TPSA) is 53.2 Å². The van der Waals surface area contributed by atoms with Crippen molar-refractivity contribution < 1.29 is 8.42 Å². The standard InChI is InChI=1S/C14H18N2O2S/c1-10(2)19(17,18)16-8-7-12-11-5-3-4-6-13(11)15-14(12)9-16/h3-6,10,15H,7-9H2,1-2H3. The largest absolute Gasteiger partial charge is 0.357 e. The Bertz CT molecular complexity index is 716. The van der Waals surface area contributed by atoms with Crippen molar-refractivity contribution in [3.8, 4) is 0 Å². The van der Waals surface area contributed by atoms with Gasteiger partial charge in [-0.1, -0.05) is 18.2 Å². The van der Waals surface area contributed by atoms with Gasteiger partial charge in [-0.05, 0) is 31.9 Å². The summed E-state index contributed by atoms with van der Waals surface area (Å²) in [6, 6.07) is 8.15. The Morgan fingerprint density at radius 3 is 2.74 bits per heavy atom. The second kappa shape index (κ2) is 4.35. The molecule has 2 heterocycles. The molecular formula is C14H18N2O2S. The minimum atomic E-state index is -3.17. The number of nitrogens with zero attached hydrogens (tertiary/aromatic N) is 1. The first-order valence-corrected chi connectivity index (χ1v) is 8.08. The van der Waals surface area contributed by atoms with E-state index < -0.39 is 10.0 Å². The second-order valence-corrected chi connectivity index (χ2v) is 7.79. The summed E-state index contributed by atoms with van der Waals surface area (Å²) in [5.41, 5.74) is 3.40. The summed E-state index contributed by atoms with van der Waals surface area (Å²) in [4.78, 5) is 3.35. The molecular weight excluding hydrogens is 260 g/mol. The van der Waals surface area contributed by atoms with Crippen LogP contribution in [0.5, 0.6) is 0 Å². The van der Waals surface area contributed by atoms with Crippen molar-refractivity contribution >= 4 is 20.9 Å². The van der Waals surface area contributed by atoms with E-state index in [0.29, 0.717) is 13.1 Å². The third-order valence-corrected chi connectivity index (χ3v) is 6.03. The van der Waals surface area contributed by atoms with Gasteiger partial charge in [0, 0.05) is 23.1 Å². The van der Waals surface area contributed by atoms with Crippen LogP contribution in [0.15, 0.2) is 24.3 Å². The normalized spacial score (nSPS) is 17.0. The maximum Gasteiger partial charge on any atom is 0.216 e. The molecule has 0 fully saturated rings. The summed E-state index contributed by atoms with van der Waals surface area (Å²) >= 11 is 0. The number of sulfonamides is 1. The van der Waals surface area contributed by atoms with Crippen molar-refractivity contribution in [3.05, 3.63) is 35.5 Å². The quantitative estimate of drug-likeness (QED) is 0.916. The second-order valence-electron chi connectivity index (χ2n) is 5.30. The summed E-state index contributed by atoms with van der Waals surface area (Å²) in [6.07, 6.45) is 0.783. The number of nitrogens with one attached hydrogen (secondary N) is 1. The molecule has 1 N–H and O–H groups in total. The van der Waals surface area contributed by atoms with Crippen LogP contribution in [0.25, 0.3) is 10.9 Å². The van der Waals surface area contributed by atoms with Crippen LogP contribution in [0.1, 0.15) is 25.1 Å². The molecule has 0 atom stereocenters. The molecule has 1 aromatic heterocycles. The monoisotopic (exact) mass is 278 g/mol. The van der Waals surface area contributed by atoms with E-state index in [2.05, 4.69) is 11.1 Å². The molecule has 1 aliphatic rings. The highest BCUT2D eigenvalue weighted by Crippen LogP contribution is 2.29. The molecule has 0 spiro atoms. The van der Waals surface area contributed by atoms with Crippen molar-refractivity contribution in [2.24, 2.45) is 0 Å². The first-order valence-electron chi connectivity index (χ1n) is 6.57. The average molecular weight is 278 g/mol. The number of aromatic amines is 1. The third-order valence-electron chi connectivity index (χ3n) is 3.80. The molecule has 4 nitrogen and oxygen atoms in total. The molecule has 0 saturated carbocycles. The number of hydrogen-bond acceptors (Lipinski definition) is 2. The highest BCUT2D eigenvalue weighted by atomic mass is 32.2. The zero-order chi connectivity index (χ0) is 13.6. The van der Waals surface area contributed by atoms with Crippen LogP contribution in [0.4, 0.5) is 0 Å². The first kappa shape index (κ1) is 12.7. The Hall–Kier alpha value is -1.33. The number of rotatable bonds is 2. The maximum atomic E-state index is 12.2. The maximum absolute atomic E-state index is 12.2. The van der Waals surface area contributed by atoms with Crippen LogP contribution in [0.2, 0.25) is 0 Å². The minimum absolute atomic E-state index is 0.363. The molecule has 0 aliphatic carbocycles. The van der Waals surface area contributed by atoms with E-state index in [1.165, 1.54) is 10.9 Å². The van der Waals surface area contributed by atoms with Crippen molar-refractivity contribution in [2.45, 2.75) is 32.1 Å². The summed E-state index contributed by atoms with van der Waals surface area (Å²) in [5, 5.41) is 0.859. The van der Waals surface area contributed by atoms with Gasteiger partial charge in [-0.2, -0.15) is 4.31 Å². The van der Waals surface area contributed by atoms with Crippen LogP contribution < -0.4 is 0 Å². The third kappa shape index (κ3) is 1.97. The number of benzene rings is 1. The molecule has 0 unspecified atom stereocenters. The predicted octanol–water partition coefficient (Wildman–Crippen LogP) is 2.26. The predicted molar refractivity (Wildman–Crippen MR) is 76.5 cm³/mol. The van der Waals surface area contributed by atoms with Gasteiger partial charge in [-0.25, -0.2) is 8.42 Å². The van der Waals surface area contributed by atoms with Crippen LogP contribution in [-0.4, -0.2) is 29.5 Å². The van der Waals surface area contributed by atoms with E-state index in [1.807, 2.05) is 18.2 Å². The summed E-state index contributed by atoms with van der Waals surface area (Å²) in [6.45, 7) is 4.51. The summed E-state index contributed by atoms with van der Waals surface area (Å²) in [5.74, 6) is 0. The van der Waals surface area contributed by atoms with Crippen LogP contribution >= 0.6 is 0 Å². The molecule has 3 rings (SSSR count). The van der Waals surface area contributed by atoms with Crippen molar-refractivity contribution in [1.29, 1.82) is 0 Å². The van der Waals surface area contributed by atoms with Gasteiger partial charge >= 0.3 is 0 Å². The van der Waals surface area contributed by atoms with Gasteiger partial charge in [0.25, 0.3) is 0 Å². The molecule has 2 aromatic rings. The molecule has 1 aliphatic heterocycles. The Balaban J connectivity index is 2.01. The van der Waals surface area contributed by atoms with Gasteiger partial charge in [0.05, 0.1) is 11.8 Å². The van der Waals surface area contributed by atoms with Crippen LogP contribution in [0, 0.1) is 0 Å². The van der Waals surface area contributed by atoms with Crippen molar-refractivity contribution in [3.63, 3.8) is 0 Å². The van der Waals surface area contributed by atoms with E-state index in [0.717, 1.165) is 17.6 Å². The summed E-state index contributed by atoms with van der Waals surface area (Å²) < 4.78 is 26.0. The SMILES string of the molecule is CC(C)S(=O)(=O)N1CCc2c([nH]c3ccccc23)C1. The average Bonchev–Trinajstić information content (AvgIpc) is 2.75. The molecule has 102 valence electrons. The minimum Gasteiger partial charge on any atom is -0.357 e. The Kier molecular flexibility index (Phi) is 2.91. The van der Waals surface area contributed by atoms with Crippen LogP contribution in [0.3, 0.4) is 0 Å². The number of aromatic nitrogens is 1. The molecule has 0 saturated heterocycles. The number of fused-ring (bicyclic) bond motifs is 3. The highest BCUT2D eigenvalue weighted by molar-refractivity contribution is 7.89. The molecule has 1 aromatic carbocycles. The molecule has 0 radical (unpaired) electrons. The Morgan fingerprint density at radius 1 is 1.26 bits per heavy atom. The van der Waals surface area contributed by atoms with Gasteiger partial charge in [0.15, 0.2) is 0 Å². The van der Waals surface area contributed by atoms with E-state index in [-0.39, 0.29) is 5.25 Å². The van der Waals surface area contributed by atoms with Gasteiger partial charge in [0.2, 0.25) is 10.0 Å². The first-order chi connectivity index (χ1) is 9.00. The Morgan fingerprint density at radius 2 is 2.00 bits per heavy atom. The van der Waals surface area contributed by atoms with E-state index in [4.69, 9.17) is 0 Å². The fourth-order valence-corrected chi connectivity index (χ4v) is 3.93. The number of hydrogen-bond donors (Lipinski definition) is 1. The van der Waals surface area contributed by atoms with E-state index in [1.54, 1.807) is 18.2 Å². The molecule has 0 amide bonds. The van der Waals surface area contributed by atoms with Crippen molar-refractivity contribution in [2.75, 3.05) is 6.54 Å². The number of H-pyrrole nitrogens is 1. The van der Waals surface area contributed by atoms with Crippen LogP contribution in [-0.2, 0) is 23.0 Å². The lowest BCUT2D eigenvalue weighted by molar-refractivity contribution is 0.384. The molecule has 19 heavy (non-hydrogen) atoms. The van der Waals surface area contributed by atoms with Crippen molar-refractivity contribution in [1.82, 2.24) is 9.29 Å². The fourth-order valence-electron chi connectivity index (χ4n) is 2.68. The fraction of sp³-hybridized carbons (Fsp3) is 0.429. The lowest BCUT2D eigenvalue weighted by atomic mass is 10.1. The zero-order valence-electron chi connectivity index (χ0n) is 11.2.